The van der Waals surface area contributed by atoms with Gasteiger partial charge in [0.1, 0.15) is 12.3 Å². The lowest BCUT2D eigenvalue weighted by molar-refractivity contribution is 0.529. The molecule has 112 valence electrons. The molecule has 2 aliphatic heterocycles. The molecule has 2 heterocycles. The molecule has 22 heavy (non-hydrogen) atoms. The number of anilines is 3. The molecule has 0 aliphatic carbocycles. The van der Waals surface area contributed by atoms with Crippen LogP contribution in [-0.4, -0.2) is 24.0 Å². The van der Waals surface area contributed by atoms with Crippen LogP contribution in [0.15, 0.2) is 54.6 Å². The van der Waals surface area contributed by atoms with Crippen molar-refractivity contribution >= 4 is 34.4 Å². The highest BCUT2D eigenvalue weighted by Gasteiger charge is 2.44. The van der Waals surface area contributed by atoms with E-state index < -0.39 is 0 Å². The monoisotopic (exact) mass is 310 g/mol. The lowest BCUT2D eigenvalue weighted by Gasteiger charge is -2.41. The van der Waals surface area contributed by atoms with Crippen molar-refractivity contribution in [1.29, 1.82) is 0 Å². The number of thiocarbonyl (C=S) groups is 1. The maximum absolute atomic E-state index is 5.60. The molecule has 1 saturated heterocycles. The topological polar surface area (TPSA) is 30.5 Å². The Morgan fingerprint density at radius 3 is 2.45 bits per heavy atom. The van der Waals surface area contributed by atoms with Crippen LogP contribution in [0.2, 0.25) is 0 Å². The number of fused-ring (bicyclic) bond motifs is 2. The Labute approximate surface area is 135 Å². The first-order valence-corrected chi connectivity index (χ1v) is 7.97. The molecule has 5 heteroatoms. The lowest BCUT2D eigenvalue weighted by atomic mass is 10.1. The summed E-state index contributed by atoms with van der Waals surface area (Å²) in [5, 5.41) is 7.87. The van der Waals surface area contributed by atoms with Crippen LogP contribution in [-0.2, 0) is 0 Å². The highest BCUT2D eigenvalue weighted by molar-refractivity contribution is 7.80. The second kappa shape index (κ2) is 5.18. The van der Waals surface area contributed by atoms with Gasteiger partial charge in [-0.1, -0.05) is 30.3 Å². The van der Waals surface area contributed by atoms with Gasteiger partial charge in [0.25, 0.3) is 0 Å². The predicted octanol–water partition coefficient (Wildman–Crippen LogP) is 2.99. The van der Waals surface area contributed by atoms with Crippen molar-refractivity contribution in [3.63, 3.8) is 0 Å². The van der Waals surface area contributed by atoms with Crippen molar-refractivity contribution in [2.75, 3.05) is 21.7 Å². The second-order valence-corrected chi connectivity index (χ2v) is 5.88. The summed E-state index contributed by atoms with van der Waals surface area (Å²) in [5.74, 6) is 0. The number of hydrogen-bond acceptors (Lipinski definition) is 3. The average molecular weight is 310 g/mol. The molecule has 0 aromatic heterocycles. The molecule has 2 aliphatic rings. The standard InChI is InChI=1S/C17H18N4S/c1-2-20-14-11-7-6-10-13(14)18-16-15(20)19-17(22)21(16)12-8-4-3-5-9-12/h3-11,15-16,18H,2H2,1H3,(H,19,22)/t15-,16-/m1/s1. The fraction of sp³-hybridized carbons (Fsp3) is 0.235. The minimum atomic E-state index is 0.0877. The van der Waals surface area contributed by atoms with E-state index in [4.69, 9.17) is 12.2 Å². The largest absolute Gasteiger partial charge is 0.360 e. The van der Waals surface area contributed by atoms with Crippen LogP contribution >= 0.6 is 12.2 Å². The molecule has 2 atom stereocenters. The smallest absolute Gasteiger partial charge is 0.177 e. The van der Waals surface area contributed by atoms with E-state index in [1.54, 1.807) is 0 Å². The maximum Gasteiger partial charge on any atom is 0.177 e. The SMILES string of the molecule is CCN1c2ccccc2N[C@H]2[C@@H]1NC(=S)N2c1ccccc1. The molecule has 0 spiro atoms. The van der Waals surface area contributed by atoms with E-state index in [0.29, 0.717) is 0 Å². The van der Waals surface area contributed by atoms with Crippen LogP contribution in [0.25, 0.3) is 0 Å². The molecule has 2 aromatic carbocycles. The molecule has 2 aromatic rings. The summed E-state index contributed by atoms with van der Waals surface area (Å²) in [6.07, 6.45) is 0.220. The number of rotatable bonds is 2. The summed E-state index contributed by atoms with van der Waals surface area (Å²) in [5.41, 5.74) is 3.48. The summed E-state index contributed by atoms with van der Waals surface area (Å²) in [7, 11) is 0. The third-order valence-corrected chi connectivity index (χ3v) is 4.61. The van der Waals surface area contributed by atoms with Crippen LogP contribution in [0, 0.1) is 0 Å². The number of benzene rings is 2. The first-order chi connectivity index (χ1) is 10.8. The minimum absolute atomic E-state index is 0.0877. The Hall–Kier alpha value is -2.27. The van der Waals surface area contributed by atoms with Crippen molar-refractivity contribution < 1.29 is 0 Å². The summed E-state index contributed by atoms with van der Waals surface area (Å²) in [4.78, 5) is 4.53. The van der Waals surface area contributed by atoms with Gasteiger partial charge in [-0.15, -0.1) is 0 Å². The Bertz CT molecular complexity index is 703. The van der Waals surface area contributed by atoms with Gasteiger partial charge in [0.15, 0.2) is 5.11 Å². The van der Waals surface area contributed by atoms with Crippen molar-refractivity contribution in [3.8, 4) is 0 Å². The molecular weight excluding hydrogens is 292 g/mol. The van der Waals surface area contributed by atoms with E-state index >= 15 is 0 Å². The Kier molecular flexibility index (Phi) is 3.15. The van der Waals surface area contributed by atoms with Gasteiger partial charge < -0.3 is 15.5 Å². The van der Waals surface area contributed by atoms with Crippen LogP contribution in [0.1, 0.15) is 6.92 Å². The maximum atomic E-state index is 5.60. The fourth-order valence-electron chi connectivity index (χ4n) is 3.32. The van der Waals surface area contributed by atoms with Crippen LogP contribution in [0.3, 0.4) is 0 Å². The molecule has 0 amide bonds. The molecule has 4 rings (SSSR count). The summed E-state index contributed by atoms with van der Waals surface area (Å²) < 4.78 is 0. The zero-order valence-corrected chi connectivity index (χ0v) is 13.2. The van der Waals surface area contributed by atoms with Gasteiger partial charge in [-0.25, -0.2) is 0 Å². The van der Waals surface area contributed by atoms with Crippen LogP contribution < -0.4 is 20.4 Å². The minimum Gasteiger partial charge on any atom is -0.360 e. The highest BCUT2D eigenvalue weighted by atomic mass is 32.1. The van der Waals surface area contributed by atoms with Gasteiger partial charge in [0.2, 0.25) is 0 Å². The quantitative estimate of drug-likeness (QED) is 0.833. The lowest BCUT2D eigenvalue weighted by Crippen LogP contribution is -2.56. The Morgan fingerprint density at radius 2 is 1.68 bits per heavy atom. The molecule has 0 saturated carbocycles. The van der Waals surface area contributed by atoms with Gasteiger partial charge >= 0.3 is 0 Å². The van der Waals surface area contributed by atoms with E-state index in [1.165, 1.54) is 5.69 Å². The predicted molar refractivity (Wildman–Crippen MR) is 95.3 cm³/mol. The van der Waals surface area contributed by atoms with Crippen molar-refractivity contribution in [2.24, 2.45) is 0 Å². The fourth-order valence-corrected chi connectivity index (χ4v) is 3.66. The summed E-state index contributed by atoms with van der Waals surface area (Å²) in [6, 6.07) is 18.7. The Morgan fingerprint density at radius 1 is 0.955 bits per heavy atom. The van der Waals surface area contributed by atoms with Crippen LogP contribution in [0.4, 0.5) is 17.1 Å². The van der Waals surface area contributed by atoms with E-state index in [2.05, 4.69) is 63.8 Å². The van der Waals surface area contributed by atoms with Crippen molar-refractivity contribution in [3.05, 3.63) is 54.6 Å². The van der Waals surface area contributed by atoms with Crippen LogP contribution in [0.5, 0.6) is 0 Å². The zero-order chi connectivity index (χ0) is 15.1. The molecule has 0 radical (unpaired) electrons. The molecule has 0 unspecified atom stereocenters. The number of likely N-dealkylation sites (N-methyl/N-ethyl adjacent to an activating group) is 1. The summed E-state index contributed by atoms with van der Waals surface area (Å²) >= 11 is 5.60. The molecule has 2 N–H and O–H groups in total. The normalized spacial score (nSPS) is 22.7. The second-order valence-electron chi connectivity index (χ2n) is 5.49. The Balaban J connectivity index is 1.77. The first-order valence-electron chi connectivity index (χ1n) is 7.56. The van der Waals surface area contributed by atoms with E-state index in [9.17, 15) is 0 Å². The van der Waals surface area contributed by atoms with Gasteiger partial charge in [-0.3, -0.25) is 4.90 Å². The van der Waals surface area contributed by atoms with Gasteiger partial charge in [0.05, 0.1) is 11.4 Å². The van der Waals surface area contributed by atoms with E-state index in [0.717, 1.165) is 23.0 Å². The third-order valence-electron chi connectivity index (χ3n) is 4.30. The van der Waals surface area contributed by atoms with E-state index in [-0.39, 0.29) is 12.3 Å². The van der Waals surface area contributed by atoms with Crippen molar-refractivity contribution in [1.82, 2.24) is 5.32 Å². The number of hydrogen-bond donors (Lipinski definition) is 2. The van der Waals surface area contributed by atoms with Gasteiger partial charge in [-0.2, -0.15) is 0 Å². The van der Waals surface area contributed by atoms with Crippen molar-refractivity contribution in [2.45, 2.75) is 19.3 Å². The summed E-state index contributed by atoms with van der Waals surface area (Å²) in [6.45, 7) is 3.10. The van der Waals surface area contributed by atoms with E-state index in [1.807, 2.05) is 18.2 Å². The first kappa shape index (κ1) is 13.4. The molecule has 1 fully saturated rings. The number of para-hydroxylation sites is 3. The molecule has 4 nitrogen and oxygen atoms in total. The number of nitrogens with zero attached hydrogens (tertiary/aromatic N) is 2. The molecule has 0 bridgehead atoms. The van der Waals surface area contributed by atoms with Gasteiger partial charge in [-0.05, 0) is 43.4 Å². The highest BCUT2D eigenvalue weighted by Crippen LogP contribution is 2.37. The third kappa shape index (κ3) is 1.93. The van der Waals surface area contributed by atoms with Gasteiger partial charge in [0, 0.05) is 12.2 Å². The zero-order valence-electron chi connectivity index (χ0n) is 12.4. The number of nitrogens with one attached hydrogen (secondary N) is 2. The average Bonchev–Trinajstić information content (AvgIpc) is 2.88. The molecular formula is C17H18N4S.